The average molecular weight is 312 g/mol. The van der Waals surface area contributed by atoms with Gasteiger partial charge in [-0.2, -0.15) is 0 Å². The molecule has 2 N–H and O–H groups in total. The molecule has 7 heteroatoms. The number of carboxylic acids is 1. The van der Waals surface area contributed by atoms with E-state index in [1.54, 1.807) is 24.3 Å². The van der Waals surface area contributed by atoms with Crippen molar-refractivity contribution in [2.45, 2.75) is 24.2 Å². The summed E-state index contributed by atoms with van der Waals surface area (Å²) in [5, 5.41) is 8.80. The van der Waals surface area contributed by atoms with Crippen LogP contribution < -0.4 is 9.62 Å². The Hall–Kier alpha value is -1.60. The smallest absolute Gasteiger partial charge is 0.303 e. The molecule has 0 radical (unpaired) electrons. The Labute approximate surface area is 124 Å². The first-order valence-corrected chi connectivity index (χ1v) is 8.41. The standard InChI is InChI=1S/C14H20N2O4S/c1-15-21(19,20)13-4-2-12(3-5-13)16-8-6-11(7-9-16)10-14(17)18/h2-5,11,15H,6-10H2,1H3,(H,17,18). The van der Waals surface area contributed by atoms with E-state index in [1.165, 1.54) is 7.05 Å². The van der Waals surface area contributed by atoms with Crippen molar-refractivity contribution in [2.24, 2.45) is 5.92 Å². The van der Waals surface area contributed by atoms with Crippen molar-refractivity contribution >= 4 is 21.7 Å². The fourth-order valence-corrected chi connectivity index (χ4v) is 3.33. The van der Waals surface area contributed by atoms with Gasteiger partial charge in [-0.25, -0.2) is 13.1 Å². The maximum absolute atomic E-state index is 11.7. The zero-order valence-electron chi connectivity index (χ0n) is 11.9. The first kappa shape index (κ1) is 15.8. The summed E-state index contributed by atoms with van der Waals surface area (Å²) in [6.45, 7) is 1.60. The summed E-state index contributed by atoms with van der Waals surface area (Å²) in [5.41, 5.74) is 0.971. The first-order valence-electron chi connectivity index (χ1n) is 6.93. The predicted molar refractivity (Wildman–Crippen MR) is 79.9 cm³/mol. The highest BCUT2D eigenvalue weighted by atomic mass is 32.2. The zero-order valence-corrected chi connectivity index (χ0v) is 12.8. The zero-order chi connectivity index (χ0) is 15.5. The summed E-state index contributed by atoms with van der Waals surface area (Å²) in [6, 6.07) is 6.76. The average Bonchev–Trinajstić information content (AvgIpc) is 2.47. The van der Waals surface area contributed by atoms with Crippen molar-refractivity contribution in [1.82, 2.24) is 4.72 Å². The summed E-state index contributed by atoms with van der Waals surface area (Å²) < 4.78 is 25.6. The van der Waals surface area contributed by atoms with E-state index in [4.69, 9.17) is 5.11 Å². The molecule has 1 saturated heterocycles. The second kappa shape index (κ2) is 6.44. The predicted octanol–water partition coefficient (Wildman–Crippen LogP) is 1.29. The third kappa shape index (κ3) is 3.95. The van der Waals surface area contributed by atoms with Gasteiger partial charge in [-0.3, -0.25) is 4.79 Å². The van der Waals surface area contributed by atoms with Gasteiger partial charge in [0.2, 0.25) is 10.0 Å². The fourth-order valence-electron chi connectivity index (χ4n) is 2.60. The molecule has 1 aliphatic heterocycles. The van der Waals surface area contributed by atoms with Crippen molar-refractivity contribution in [2.75, 3.05) is 25.0 Å². The Morgan fingerprint density at radius 2 is 1.86 bits per heavy atom. The van der Waals surface area contributed by atoms with Crippen LogP contribution >= 0.6 is 0 Å². The SMILES string of the molecule is CNS(=O)(=O)c1ccc(N2CCC(CC(=O)O)CC2)cc1. The number of aliphatic carboxylic acids is 1. The van der Waals surface area contributed by atoms with Crippen LogP contribution in [0.3, 0.4) is 0 Å². The van der Waals surface area contributed by atoms with Gasteiger partial charge in [-0.15, -0.1) is 0 Å². The Morgan fingerprint density at radius 1 is 1.29 bits per heavy atom. The largest absolute Gasteiger partial charge is 0.481 e. The van der Waals surface area contributed by atoms with E-state index in [-0.39, 0.29) is 17.2 Å². The second-order valence-corrected chi connectivity index (χ2v) is 7.12. The minimum atomic E-state index is -3.40. The molecule has 1 aromatic rings. The number of carboxylic acid groups (broad SMARTS) is 1. The molecule has 116 valence electrons. The van der Waals surface area contributed by atoms with Crippen LogP contribution in [-0.4, -0.2) is 39.6 Å². The number of piperidine rings is 1. The first-order chi connectivity index (χ1) is 9.92. The monoisotopic (exact) mass is 312 g/mol. The molecule has 0 atom stereocenters. The van der Waals surface area contributed by atoms with Gasteiger partial charge < -0.3 is 10.0 Å². The molecule has 0 saturated carbocycles. The van der Waals surface area contributed by atoms with Crippen LogP contribution in [0.2, 0.25) is 0 Å². The molecular formula is C14H20N2O4S. The van der Waals surface area contributed by atoms with Crippen LogP contribution in [0.1, 0.15) is 19.3 Å². The number of anilines is 1. The molecule has 0 amide bonds. The van der Waals surface area contributed by atoms with Gasteiger partial charge in [0, 0.05) is 25.2 Å². The Morgan fingerprint density at radius 3 is 2.33 bits per heavy atom. The third-order valence-electron chi connectivity index (χ3n) is 3.86. The van der Waals surface area contributed by atoms with Crippen LogP contribution in [0.4, 0.5) is 5.69 Å². The van der Waals surface area contributed by atoms with Crippen LogP contribution in [0.5, 0.6) is 0 Å². The van der Waals surface area contributed by atoms with Gasteiger partial charge >= 0.3 is 5.97 Å². The van der Waals surface area contributed by atoms with Crippen LogP contribution in [0, 0.1) is 5.92 Å². The fraction of sp³-hybridized carbons (Fsp3) is 0.500. The number of rotatable bonds is 5. The van der Waals surface area contributed by atoms with Crippen molar-refractivity contribution in [3.05, 3.63) is 24.3 Å². The highest BCUT2D eigenvalue weighted by molar-refractivity contribution is 7.89. The van der Waals surface area contributed by atoms with E-state index in [1.807, 2.05) is 0 Å². The lowest BCUT2D eigenvalue weighted by Gasteiger charge is -2.33. The Kier molecular flexibility index (Phi) is 4.84. The van der Waals surface area contributed by atoms with E-state index in [9.17, 15) is 13.2 Å². The molecule has 1 fully saturated rings. The van der Waals surface area contributed by atoms with E-state index < -0.39 is 16.0 Å². The molecule has 21 heavy (non-hydrogen) atoms. The third-order valence-corrected chi connectivity index (χ3v) is 5.29. The van der Waals surface area contributed by atoms with Gasteiger partial charge in [-0.05, 0) is 50.1 Å². The summed E-state index contributed by atoms with van der Waals surface area (Å²) >= 11 is 0. The molecule has 0 bridgehead atoms. The van der Waals surface area contributed by atoms with Crippen molar-refractivity contribution < 1.29 is 18.3 Å². The minimum Gasteiger partial charge on any atom is -0.481 e. The lowest BCUT2D eigenvalue weighted by molar-refractivity contribution is -0.138. The van der Waals surface area contributed by atoms with E-state index in [0.29, 0.717) is 0 Å². The molecule has 6 nitrogen and oxygen atoms in total. The molecule has 0 spiro atoms. The highest BCUT2D eigenvalue weighted by Gasteiger charge is 2.21. The number of hydrogen-bond acceptors (Lipinski definition) is 4. The van der Waals surface area contributed by atoms with Crippen LogP contribution in [0.25, 0.3) is 0 Å². The molecule has 2 rings (SSSR count). The molecule has 1 heterocycles. The lowest BCUT2D eigenvalue weighted by Crippen LogP contribution is -2.34. The van der Waals surface area contributed by atoms with Crippen molar-refractivity contribution in [3.8, 4) is 0 Å². The molecule has 0 aromatic heterocycles. The van der Waals surface area contributed by atoms with Gasteiger partial charge in [0.05, 0.1) is 4.90 Å². The quantitative estimate of drug-likeness (QED) is 0.855. The summed E-state index contributed by atoms with van der Waals surface area (Å²) in [7, 11) is -2.02. The number of hydrogen-bond donors (Lipinski definition) is 2. The van der Waals surface area contributed by atoms with E-state index in [2.05, 4.69) is 9.62 Å². The van der Waals surface area contributed by atoms with E-state index in [0.717, 1.165) is 31.6 Å². The molecule has 1 aliphatic rings. The van der Waals surface area contributed by atoms with Crippen molar-refractivity contribution in [3.63, 3.8) is 0 Å². The van der Waals surface area contributed by atoms with Gasteiger partial charge in [0.1, 0.15) is 0 Å². The van der Waals surface area contributed by atoms with Crippen LogP contribution in [0.15, 0.2) is 29.2 Å². The topological polar surface area (TPSA) is 86.7 Å². The molecule has 0 aliphatic carbocycles. The number of sulfonamides is 1. The van der Waals surface area contributed by atoms with Crippen molar-refractivity contribution in [1.29, 1.82) is 0 Å². The summed E-state index contributed by atoms with van der Waals surface area (Å²) in [6.07, 6.45) is 1.93. The summed E-state index contributed by atoms with van der Waals surface area (Å²) in [4.78, 5) is 13.1. The minimum absolute atomic E-state index is 0.229. The van der Waals surface area contributed by atoms with Gasteiger partial charge in [0.15, 0.2) is 0 Å². The number of nitrogens with one attached hydrogen (secondary N) is 1. The maximum Gasteiger partial charge on any atom is 0.303 e. The Balaban J connectivity index is 2.00. The molecule has 1 aromatic carbocycles. The summed E-state index contributed by atoms with van der Waals surface area (Å²) in [5.74, 6) is -0.502. The normalized spacial score (nSPS) is 16.9. The van der Waals surface area contributed by atoms with Gasteiger partial charge in [-0.1, -0.05) is 0 Å². The molecule has 0 unspecified atom stereocenters. The molecular weight excluding hydrogens is 292 g/mol. The number of nitrogens with zero attached hydrogens (tertiary/aromatic N) is 1. The lowest BCUT2D eigenvalue weighted by atomic mass is 9.93. The Bertz CT molecular complexity index is 590. The highest BCUT2D eigenvalue weighted by Crippen LogP contribution is 2.26. The van der Waals surface area contributed by atoms with Crippen LogP contribution in [-0.2, 0) is 14.8 Å². The van der Waals surface area contributed by atoms with Gasteiger partial charge in [0.25, 0.3) is 0 Å². The maximum atomic E-state index is 11.7. The second-order valence-electron chi connectivity index (χ2n) is 5.23. The number of carbonyl (C=O) groups is 1. The number of benzene rings is 1. The van der Waals surface area contributed by atoms with E-state index >= 15 is 0 Å².